The van der Waals surface area contributed by atoms with E-state index in [4.69, 9.17) is 18.9 Å². The second kappa shape index (κ2) is 13.2. The first-order chi connectivity index (χ1) is 18.2. The van der Waals surface area contributed by atoms with Crippen molar-refractivity contribution in [1.29, 1.82) is 0 Å². The van der Waals surface area contributed by atoms with Crippen LogP contribution in [-0.4, -0.2) is 31.8 Å². The molecule has 3 aromatic rings. The summed E-state index contributed by atoms with van der Waals surface area (Å²) in [6.07, 6.45) is 0.786. The van der Waals surface area contributed by atoms with Gasteiger partial charge < -0.3 is 18.9 Å². The van der Waals surface area contributed by atoms with Crippen LogP contribution in [-0.2, 0) is 14.3 Å². The van der Waals surface area contributed by atoms with Gasteiger partial charge in [-0.25, -0.2) is 14.0 Å². The van der Waals surface area contributed by atoms with E-state index in [9.17, 15) is 9.59 Å². The number of halogens is 1. The normalized spacial score (nSPS) is 10.4. The molecule has 0 radical (unpaired) electrons. The number of carbonyl (C=O) groups is 2. The maximum absolute atomic E-state index is 15.2. The molecule has 0 atom stereocenters. The third-order valence-electron chi connectivity index (χ3n) is 5.35. The summed E-state index contributed by atoms with van der Waals surface area (Å²) in [6.45, 7) is 12.9. The van der Waals surface area contributed by atoms with Crippen LogP contribution in [0.25, 0.3) is 22.3 Å². The molecular weight excluding hydrogens is 487 g/mol. The second-order valence-electron chi connectivity index (χ2n) is 8.66. The number of carbonyl (C=O) groups excluding carboxylic acids is 2. The lowest BCUT2D eigenvalue weighted by Crippen LogP contribution is -2.13. The van der Waals surface area contributed by atoms with Crippen LogP contribution in [0.4, 0.5) is 4.39 Å². The van der Waals surface area contributed by atoms with Crippen LogP contribution in [0.3, 0.4) is 0 Å². The van der Waals surface area contributed by atoms with Gasteiger partial charge in [0.2, 0.25) is 0 Å². The highest BCUT2D eigenvalue weighted by Crippen LogP contribution is 2.35. The van der Waals surface area contributed by atoms with E-state index in [0.29, 0.717) is 51.7 Å². The molecule has 0 fully saturated rings. The maximum Gasteiger partial charge on any atom is 0.338 e. The van der Waals surface area contributed by atoms with E-state index in [1.54, 1.807) is 62.4 Å². The van der Waals surface area contributed by atoms with Crippen molar-refractivity contribution in [2.24, 2.45) is 0 Å². The van der Waals surface area contributed by atoms with E-state index >= 15 is 4.39 Å². The van der Waals surface area contributed by atoms with Gasteiger partial charge >= 0.3 is 11.9 Å². The molecule has 7 heteroatoms. The predicted octanol–water partition coefficient (Wildman–Crippen LogP) is 6.93. The molecule has 0 N–H and O–H groups in total. The molecule has 0 aromatic heterocycles. The lowest BCUT2D eigenvalue weighted by atomic mass is 9.99. The van der Waals surface area contributed by atoms with E-state index in [1.807, 2.05) is 13.0 Å². The molecule has 0 spiro atoms. The van der Waals surface area contributed by atoms with Crippen molar-refractivity contribution in [3.05, 3.63) is 90.8 Å². The highest BCUT2D eigenvalue weighted by molar-refractivity contribution is 5.89. The van der Waals surface area contributed by atoms with Crippen LogP contribution in [0.5, 0.6) is 17.2 Å². The van der Waals surface area contributed by atoms with Gasteiger partial charge in [0, 0.05) is 16.7 Å². The first kappa shape index (κ1) is 28.2. The van der Waals surface area contributed by atoms with Crippen LogP contribution in [0, 0.1) is 5.82 Å². The smallest absolute Gasteiger partial charge is 0.338 e. The summed E-state index contributed by atoms with van der Waals surface area (Å²) in [5, 5.41) is 0. The van der Waals surface area contributed by atoms with E-state index in [1.165, 1.54) is 6.07 Å². The standard InChI is InChI=1S/C31H31FO6/c1-6-15-35-29-19-24(10-14-28(29)36-16-17-37-30(33)20(2)3)26-13-9-23(18-27(26)32)22-7-11-25(12-8-22)38-31(34)21(4)5/h7-14,18-19H,2,4,6,15-17H2,1,3,5H3. The van der Waals surface area contributed by atoms with Gasteiger partial charge in [-0.3, -0.25) is 0 Å². The first-order valence-corrected chi connectivity index (χ1v) is 12.2. The lowest BCUT2D eigenvalue weighted by Gasteiger charge is -2.15. The van der Waals surface area contributed by atoms with Crippen molar-refractivity contribution in [2.45, 2.75) is 27.2 Å². The van der Waals surface area contributed by atoms with Gasteiger partial charge in [-0.15, -0.1) is 0 Å². The van der Waals surface area contributed by atoms with Crippen LogP contribution in [0.1, 0.15) is 27.2 Å². The van der Waals surface area contributed by atoms with Gasteiger partial charge in [-0.2, -0.15) is 0 Å². The zero-order valence-electron chi connectivity index (χ0n) is 21.8. The number of hydrogen-bond donors (Lipinski definition) is 0. The number of esters is 2. The van der Waals surface area contributed by atoms with Crippen molar-refractivity contribution in [2.75, 3.05) is 19.8 Å². The van der Waals surface area contributed by atoms with Crippen LogP contribution < -0.4 is 14.2 Å². The minimum absolute atomic E-state index is 0.0636. The Hall–Kier alpha value is -4.39. The molecule has 0 aliphatic rings. The fourth-order valence-corrected chi connectivity index (χ4v) is 3.37. The quantitative estimate of drug-likeness (QED) is 0.112. The van der Waals surface area contributed by atoms with Gasteiger partial charge in [0.1, 0.15) is 24.8 Å². The summed E-state index contributed by atoms with van der Waals surface area (Å²) in [7, 11) is 0. The maximum atomic E-state index is 15.2. The SMILES string of the molecule is C=C(C)C(=O)OCCOc1ccc(-c2ccc(-c3ccc(OC(=O)C(=C)C)cc3)cc2F)cc1OCCC. The summed E-state index contributed by atoms with van der Waals surface area (Å²) in [6, 6.07) is 17.0. The molecule has 0 amide bonds. The first-order valence-electron chi connectivity index (χ1n) is 12.2. The number of rotatable bonds is 12. The molecule has 0 heterocycles. The second-order valence-corrected chi connectivity index (χ2v) is 8.66. The summed E-state index contributed by atoms with van der Waals surface area (Å²) < 4.78 is 37.1. The van der Waals surface area contributed by atoms with Crippen LogP contribution >= 0.6 is 0 Å². The topological polar surface area (TPSA) is 71.1 Å². The predicted molar refractivity (Wildman–Crippen MR) is 145 cm³/mol. The van der Waals surface area contributed by atoms with Gasteiger partial charge in [0.15, 0.2) is 11.5 Å². The van der Waals surface area contributed by atoms with Gasteiger partial charge in [0.25, 0.3) is 0 Å². The fourth-order valence-electron chi connectivity index (χ4n) is 3.37. The van der Waals surface area contributed by atoms with E-state index in [0.717, 1.165) is 12.0 Å². The third-order valence-corrected chi connectivity index (χ3v) is 5.35. The Kier molecular flexibility index (Phi) is 9.82. The average Bonchev–Trinajstić information content (AvgIpc) is 2.90. The largest absolute Gasteiger partial charge is 0.490 e. The van der Waals surface area contributed by atoms with Gasteiger partial charge in [-0.05, 0) is 67.3 Å². The van der Waals surface area contributed by atoms with E-state index in [2.05, 4.69) is 13.2 Å². The molecule has 6 nitrogen and oxygen atoms in total. The molecule has 0 bridgehead atoms. The van der Waals surface area contributed by atoms with Gasteiger partial charge in [-0.1, -0.05) is 50.4 Å². The Morgan fingerprint density at radius 1 is 0.737 bits per heavy atom. The van der Waals surface area contributed by atoms with Crippen molar-refractivity contribution >= 4 is 11.9 Å². The molecule has 0 unspecified atom stereocenters. The Labute approximate surface area is 222 Å². The molecule has 0 saturated carbocycles. The monoisotopic (exact) mass is 518 g/mol. The highest BCUT2D eigenvalue weighted by atomic mass is 19.1. The zero-order chi connectivity index (χ0) is 27.7. The number of benzene rings is 3. The van der Waals surface area contributed by atoms with Crippen molar-refractivity contribution in [3.8, 4) is 39.5 Å². The van der Waals surface area contributed by atoms with E-state index < -0.39 is 17.8 Å². The molecule has 3 aromatic carbocycles. The molecular formula is C31H31FO6. The Morgan fingerprint density at radius 2 is 1.37 bits per heavy atom. The molecule has 0 saturated heterocycles. The van der Waals surface area contributed by atoms with E-state index in [-0.39, 0.29) is 13.2 Å². The fraction of sp³-hybridized carbons (Fsp3) is 0.226. The molecule has 0 aliphatic heterocycles. The van der Waals surface area contributed by atoms with Gasteiger partial charge in [0.05, 0.1) is 6.61 Å². The lowest BCUT2D eigenvalue weighted by molar-refractivity contribution is -0.139. The molecule has 3 rings (SSSR count). The van der Waals surface area contributed by atoms with Crippen molar-refractivity contribution in [3.63, 3.8) is 0 Å². The molecule has 38 heavy (non-hydrogen) atoms. The number of hydrogen-bond acceptors (Lipinski definition) is 6. The summed E-state index contributed by atoms with van der Waals surface area (Å²) in [5.74, 6) is -0.0561. The average molecular weight is 519 g/mol. The molecule has 198 valence electrons. The van der Waals surface area contributed by atoms with Crippen molar-refractivity contribution in [1.82, 2.24) is 0 Å². The number of ether oxygens (including phenoxy) is 4. The van der Waals surface area contributed by atoms with Crippen LogP contribution in [0.15, 0.2) is 85.0 Å². The molecule has 0 aliphatic carbocycles. The minimum atomic E-state index is -0.502. The summed E-state index contributed by atoms with van der Waals surface area (Å²) >= 11 is 0. The summed E-state index contributed by atoms with van der Waals surface area (Å²) in [4.78, 5) is 23.2. The van der Waals surface area contributed by atoms with Crippen LogP contribution in [0.2, 0.25) is 0 Å². The Bertz CT molecular complexity index is 1330. The minimum Gasteiger partial charge on any atom is -0.490 e. The Balaban J connectivity index is 1.76. The highest BCUT2D eigenvalue weighted by Gasteiger charge is 2.13. The summed E-state index contributed by atoms with van der Waals surface area (Å²) in [5.41, 5.74) is 3.10. The Morgan fingerprint density at radius 3 is 2.00 bits per heavy atom. The zero-order valence-corrected chi connectivity index (χ0v) is 21.8. The van der Waals surface area contributed by atoms with Crippen molar-refractivity contribution < 1.29 is 32.9 Å². The third kappa shape index (κ3) is 7.56.